The Kier molecular flexibility index (Phi) is 6.89. The second kappa shape index (κ2) is 7.98. The quantitative estimate of drug-likeness (QED) is 0.331. The van der Waals surface area contributed by atoms with E-state index in [1.54, 1.807) is 0 Å². The van der Waals surface area contributed by atoms with Crippen LogP contribution in [0.5, 0.6) is 0 Å². The number of hydrogen-bond acceptors (Lipinski definition) is 1. The first-order chi connectivity index (χ1) is 9.90. The van der Waals surface area contributed by atoms with Gasteiger partial charge in [-0.1, -0.05) is 6.07 Å². The number of benzene rings is 1. The summed E-state index contributed by atoms with van der Waals surface area (Å²) in [6, 6.07) is 2.99. The van der Waals surface area contributed by atoms with Gasteiger partial charge < -0.3 is 10.6 Å². The summed E-state index contributed by atoms with van der Waals surface area (Å²) >= 11 is 0. The van der Waals surface area contributed by atoms with Gasteiger partial charge in [0, 0.05) is 12.6 Å². The third-order valence-corrected chi connectivity index (χ3v) is 3.05. The zero-order chi connectivity index (χ0) is 15.5. The largest absolute Gasteiger partial charge is 0.416 e. The normalized spacial score (nSPS) is 15.2. The molecular weight excluding hydrogens is 413 g/mol. The Bertz CT molecular complexity index is 527. The predicted molar refractivity (Wildman–Crippen MR) is 87.8 cm³/mol. The summed E-state index contributed by atoms with van der Waals surface area (Å²) in [5.41, 5.74) is -1.02. The number of rotatable bonds is 4. The molecule has 1 aliphatic carbocycles. The molecule has 3 nitrogen and oxygen atoms in total. The van der Waals surface area contributed by atoms with E-state index >= 15 is 0 Å². The van der Waals surface area contributed by atoms with Gasteiger partial charge >= 0.3 is 6.18 Å². The highest BCUT2D eigenvalue weighted by Crippen LogP contribution is 2.32. The summed E-state index contributed by atoms with van der Waals surface area (Å²) in [4.78, 5) is 4.14. The summed E-state index contributed by atoms with van der Waals surface area (Å²) in [7, 11) is 0. The Morgan fingerprint density at radius 2 is 2.00 bits per heavy atom. The van der Waals surface area contributed by atoms with Gasteiger partial charge in [0.15, 0.2) is 5.96 Å². The zero-order valence-electron chi connectivity index (χ0n) is 12.0. The number of alkyl halides is 3. The Hall–Kier alpha value is -1.06. The molecule has 1 aliphatic rings. The molecule has 0 radical (unpaired) electrons. The Morgan fingerprint density at radius 3 is 2.55 bits per heavy atom. The molecule has 0 atom stereocenters. The third-order valence-electron chi connectivity index (χ3n) is 3.05. The van der Waals surface area contributed by atoms with E-state index in [4.69, 9.17) is 0 Å². The first kappa shape index (κ1) is 19.0. The molecule has 1 saturated carbocycles. The maximum absolute atomic E-state index is 13.0. The van der Waals surface area contributed by atoms with Crippen LogP contribution in [-0.2, 0) is 12.7 Å². The lowest BCUT2D eigenvalue weighted by Crippen LogP contribution is -2.38. The van der Waals surface area contributed by atoms with Gasteiger partial charge in [-0.05, 0) is 37.5 Å². The van der Waals surface area contributed by atoms with E-state index in [0.29, 0.717) is 24.6 Å². The zero-order valence-corrected chi connectivity index (χ0v) is 14.3. The minimum Gasteiger partial charge on any atom is -0.357 e. The van der Waals surface area contributed by atoms with Crippen molar-refractivity contribution in [1.29, 1.82) is 0 Å². The van der Waals surface area contributed by atoms with E-state index in [-0.39, 0.29) is 36.1 Å². The lowest BCUT2D eigenvalue weighted by Gasteiger charge is -2.13. The van der Waals surface area contributed by atoms with E-state index in [2.05, 4.69) is 15.6 Å². The van der Waals surface area contributed by atoms with Gasteiger partial charge in [0.25, 0.3) is 0 Å². The van der Waals surface area contributed by atoms with Crippen LogP contribution in [0.2, 0.25) is 0 Å². The Balaban J connectivity index is 0.00000242. The minimum absolute atomic E-state index is 0. The number of hydrogen-bond donors (Lipinski definition) is 2. The lowest BCUT2D eigenvalue weighted by molar-refractivity contribution is -0.138. The number of nitrogens with zero attached hydrogens (tertiary/aromatic N) is 1. The molecule has 2 N–H and O–H groups in total. The highest BCUT2D eigenvalue weighted by Gasteiger charge is 2.33. The van der Waals surface area contributed by atoms with Crippen molar-refractivity contribution in [1.82, 2.24) is 10.6 Å². The molecule has 0 aromatic heterocycles. The van der Waals surface area contributed by atoms with Crippen molar-refractivity contribution in [3.63, 3.8) is 0 Å². The van der Waals surface area contributed by atoms with Crippen molar-refractivity contribution in [2.24, 2.45) is 4.99 Å². The smallest absolute Gasteiger partial charge is 0.357 e. The molecule has 22 heavy (non-hydrogen) atoms. The predicted octanol–water partition coefficient (Wildman–Crippen LogP) is 3.68. The fourth-order valence-corrected chi connectivity index (χ4v) is 1.86. The number of nitrogens with one attached hydrogen (secondary N) is 2. The van der Waals surface area contributed by atoms with Crippen molar-refractivity contribution in [3.05, 3.63) is 35.1 Å². The summed E-state index contributed by atoms with van der Waals surface area (Å²) in [5.74, 6) is -0.421. The van der Waals surface area contributed by atoms with Crippen molar-refractivity contribution in [2.75, 3.05) is 6.54 Å². The third kappa shape index (κ3) is 5.62. The molecule has 1 fully saturated rings. The van der Waals surface area contributed by atoms with Crippen LogP contribution in [-0.4, -0.2) is 18.5 Å². The van der Waals surface area contributed by atoms with E-state index in [1.165, 1.54) is 0 Å². The molecule has 1 aromatic carbocycles. The highest BCUT2D eigenvalue weighted by atomic mass is 127. The van der Waals surface area contributed by atoms with E-state index < -0.39 is 17.6 Å². The van der Waals surface area contributed by atoms with Crippen LogP contribution in [0.1, 0.15) is 30.9 Å². The maximum Gasteiger partial charge on any atom is 0.416 e. The van der Waals surface area contributed by atoms with Crippen molar-refractivity contribution in [3.8, 4) is 0 Å². The van der Waals surface area contributed by atoms with Crippen LogP contribution >= 0.6 is 24.0 Å². The van der Waals surface area contributed by atoms with Crippen LogP contribution in [0.15, 0.2) is 23.2 Å². The van der Waals surface area contributed by atoms with Crippen molar-refractivity contribution in [2.45, 2.75) is 38.5 Å². The van der Waals surface area contributed by atoms with Gasteiger partial charge in [-0.3, -0.25) is 0 Å². The molecule has 0 aliphatic heterocycles. The van der Waals surface area contributed by atoms with E-state index in [1.807, 2.05) is 6.92 Å². The summed E-state index contributed by atoms with van der Waals surface area (Å²) < 4.78 is 51.6. The lowest BCUT2D eigenvalue weighted by atomic mass is 10.1. The fraction of sp³-hybridized carbons (Fsp3) is 0.500. The SMILES string of the molecule is CCNC(=NCc1ccc(F)cc1C(F)(F)F)NC1CC1.I. The minimum atomic E-state index is -4.59. The van der Waals surface area contributed by atoms with Gasteiger partial charge in [0.2, 0.25) is 0 Å². The summed E-state index contributed by atoms with van der Waals surface area (Å²) in [5, 5.41) is 6.09. The molecule has 0 spiro atoms. The molecule has 1 aromatic rings. The average Bonchev–Trinajstić information content (AvgIpc) is 3.20. The van der Waals surface area contributed by atoms with Crippen molar-refractivity contribution < 1.29 is 17.6 Å². The van der Waals surface area contributed by atoms with Crippen LogP contribution in [0, 0.1) is 5.82 Å². The van der Waals surface area contributed by atoms with Crippen LogP contribution in [0.4, 0.5) is 17.6 Å². The van der Waals surface area contributed by atoms with Gasteiger partial charge in [-0.2, -0.15) is 13.2 Å². The van der Waals surface area contributed by atoms with Crippen LogP contribution in [0.3, 0.4) is 0 Å². The molecule has 2 rings (SSSR count). The Labute approximate surface area is 143 Å². The standard InChI is InChI=1S/C14H17F4N3.HI/c1-2-19-13(21-11-5-6-11)20-8-9-3-4-10(15)7-12(9)14(16,17)18;/h3-4,7,11H,2,5-6,8H2,1H3,(H2,19,20,21);1H. The fourth-order valence-electron chi connectivity index (χ4n) is 1.86. The molecule has 0 bridgehead atoms. The average molecular weight is 431 g/mol. The maximum atomic E-state index is 13.0. The van der Waals surface area contributed by atoms with E-state index in [9.17, 15) is 17.6 Å². The second-order valence-electron chi connectivity index (χ2n) is 4.91. The monoisotopic (exact) mass is 431 g/mol. The first-order valence-electron chi connectivity index (χ1n) is 6.80. The first-order valence-corrected chi connectivity index (χ1v) is 6.80. The Morgan fingerprint density at radius 1 is 1.32 bits per heavy atom. The number of aliphatic imine (C=N–C) groups is 1. The molecule has 0 heterocycles. The summed E-state index contributed by atoms with van der Waals surface area (Å²) in [6.45, 7) is 2.34. The molecule has 124 valence electrons. The summed E-state index contributed by atoms with van der Waals surface area (Å²) in [6.07, 6.45) is -2.52. The van der Waals surface area contributed by atoms with Gasteiger partial charge in [0.1, 0.15) is 5.82 Å². The molecular formula is C14H18F4IN3. The molecule has 0 amide bonds. The number of guanidine groups is 1. The topological polar surface area (TPSA) is 36.4 Å². The van der Waals surface area contributed by atoms with Crippen LogP contribution in [0.25, 0.3) is 0 Å². The highest BCUT2D eigenvalue weighted by molar-refractivity contribution is 14.0. The van der Waals surface area contributed by atoms with Crippen molar-refractivity contribution >= 4 is 29.9 Å². The molecule has 8 heteroatoms. The van der Waals surface area contributed by atoms with Gasteiger partial charge in [-0.15, -0.1) is 24.0 Å². The molecule has 0 saturated heterocycles. The van der Waals surface area contributed by atoms with E-state index in [0.717, 1.165) is 25.0 Å². The number of halogens is 5. The van der Waals surface area contributed by atoms with Gasteiger partial charge in [0.05, 0.1) is 12.1 Å². The second-order valence-corrected chi connectivity index (χ2v) is 4.91. The molecule has 0 unspecified atom stereocenters. The van der Waals surface area contributed by atoms with Crippen LogP contribution < -0.4 is 10.6 Å². The van der Waals surface area contributed by atoms with Gasteiger partial charge in [-0.25, -0.2) is 9.38 Å².